The van der Waals surface area contributed by atoms with Crippen LogP contribution in [0, 0.1) is 12.7 Å². The molecule has 1 atom stereocenters. The Morgan fingerprint density at radius 1 is 1.18 bits per heavy atom. The zero-order valence-corrected chi connectivity index (χ0v) is 18.6. The summed E-state index contributed by atoms with van der Waals surface area (Å²) in [6.45, 7) is 4.93. The number of alkyl halides is 3. The fourth-order valence-electron chi connectivity index (χ4n) is 3.29. The molecule has 176 valence electrons. The maximum atomic E-state index is 14.4. The summed E-state index contributed by atoms with van der Waals surface area (Å²) in [5.74, 6) is -0.884. The Balaban J connectivity index is 2.29. The highest BCUT2D eigenvalue weighted by Crippen LogP contribution is 2.37. The highest BCUT2D eigenvalue weighted by atomic mass is 35.5. The van der Waals surface area contributed by atoms with Gasteiger partial charge in [0.05, 0.1) is 16.3 Å². The van der Waals surface area contributed by atoms with Gasteiger partial charge in [0.15, 0.2) is 5.82 Å². The lowest BCUT2D eigenvalue weighted by molar-refractivity contribution is -0.137. The van der Waals surface area contributed by atoms with Crippen LogP contribution in [0.1, 0.15) is 42.4 Å². The number of halogens is 5. The molecule has 0 unspecified atom stereocenters. The molecule has 0 saturated heterocycles. The van der Waals surface area contributed by atoms with Crippen molar-refractivity contribution < 1.29 is 26.9 Å². The van der Waals surface area contributed by atoms with Crippen LogP contribution in [0.3, 0.4) is 0 Å². The number of benzene rings is 1. The number of pyridine rings is 1. The Bertz CT molecular complexity index is 1130. The number of carbonyl (C=O) groups excluding carboxylic acids is 1. The maximum Gasteiger partial charge on any atom is 0.416 e. The van der Waals surface area contributed by atoms with E-state index in [4.69, 9.17) is 16.1 Å². The Morgan fingerprint density at radius 2 is 1.88 bits per heavy atom. The van der Waals surface area contributed by atoms with Crippen molar-refractivity contribution in [1.82, 2.24) is 25.8 Å². The number of aryl methyl sites for hydroxylation is 1. The number of hydrogen-bond donors (Lipinski definition) is 2. The van der Waals surface area contributed by atoms with Gasteiger partial charge in [-0.2, -0.15) is 18.2 Å². The first kappa shape index (κ1) is 24.4. The van der Waals surface area contributed by atoms with Gasteiger partial charge >= 0.3 is 12.2 Å². The van der Waals surface area contributed by atoms with Gasteiger partial charge in [0, 0.05) is 25.6 Å². The first-order valence-corrected chi connectivity index (χ1v) is 10.1. The molecule has 0 aliphatic rings. The van der Waals surface area contributed by atoms with Crippen molar-refractivity contribution in [2.45, 2.75) is 44.9 Å². The zero-order chi connectivity index (χ0) is 24.4. The lowest BCUT2D eigenvalue weighted by Crippen LogP contribution is -2.54. The summed E-state index contributed by atoms with van der Waals surface area (Å²) in [6, 6.07) is 3.87. The number of amides is 2. The van der Waals surface area contributed by atoms with Gasteiger partial charge in [-0.05, 0) is 49.7 Å². The third-order valence-corrected chi connectivity index (χ3v) is 4.85. The normalized spacial score (nSPS) is 13.6. The summed E-state index contributed by atoms with van der Waals surface area (Å²) < 4.78 is 60.0. The summed E-state index contributed by atoms with van der Waals surface area (Å²) in [5, 5.41) is 9.34. The van der Waals surface area contributed by atoms with E-state index in [2.05, 4.69) is 25.8 Å². The van der Waals surface area contributed by atoms with Crippen molar-refractivity contribution in [3.05, 3.63) is 75.9 Å². The minimum Gasteiger partial charge on any atom is -0.340 e. The van der Waals surface area contributed by atoms with Crippen LogP contribution in [0.5, 0.6) is 0 Å². The second-order valence-electron chi connectivity index (χ2n) is 7.65. The lowest BCUT2D eigenvalue weighted by atomic mass is 9.81. The van der Waals surface area contributed by atoms with Gasteiger partial charge in [-0.15, -0.1) is 0 Å². The molecule has 7 nitrogen and oxygen atoms in total. The van der Waals surface area contributed by atoms with Gasteiger partial charge < -0.3 is 15.2 Å². The molecule has 3 rings (SSSR count). The molecule has 3 aromatic rings. The number of nitrogens with zero attached hydrogens (tertiary/aromatic N) is 3. The first-order chi connectivity index (χ1) is 15.4. The summed E-state index contributed by atoms with van der Waals surface area (Å²) in [7, 11) is 0. The van der Waals surface area contributed by atoms with E-state index in [1.807, 2.05) is 0 Å². The number of hydrogen-bond acceptors (Lipinski definition) is 5. The van der Waals surface area contributed by atoms with E-state index in [1.165, 1.54) is 25.3 Å². The van der Waals surface area contributed by atoms with Crippen LogP contribution in [0.25, 0.3) is 0 Å². The minimum absolute atomic E-state index is 0.0620. The largest absolute Gasteiger partial charge is 0.416 e. The Hall–Kier alpha value is -3.21. The Kier molecular flexibility index (Phi) is 6.92. The van der Waals surface area contributed by atoms with Crippen LogP contribution < -0.4 is 10.6 Å². The van der Waals surface area contributed by atoms with E-state index >= 15 is 0 Å². The molecular formula is C21H20ClF4N5O2. The van der Waals surface area contributed by atoms with Crippen molar-refractivity contribution in [2.24, 2.45) is 0 Å². The molecule has 0 fully saturated rings. The molecule has 0 aliphatic heterocycles. The molecule has 0 spiro atoms. The fraction of sp³-hybridized carbons (Fsp3) is 0.333. The quantitative estimate of drug-likeness (QED) is 0.490. The van der Waals surface area contributed by atoms with E-state index in [0.29, 0.717) is 6.07 Å². The van der Waals surface area contributed by atoms with Crippen LogP contribution >= 0.6 is 11.6 Å². The maximum absolute atomic E-state index is 14.4. The first-order valence-electron chi connectivity index (χ1n) is 9.77. The Morgan fingerprint density at radius 3 is 2.42 bits per heavy atom. The van der Waals surface area contributed by atoms with Crippen LogP contribution in [0.4, 0.5) is 22.4 Å². The molecule has 0 aliphatic carbocycles. The van der Waals surface area contributed by atoms with Gasteiger partial charge in [0.1, 0.15) is 11.4 Å². The molecule has 0 radical (unpaired) electrons. The highest BCUT2D eigenvalue weighted by Gasteiger charge is 2.42. The van der Waals surface area contributed by atoms with Gasteiger partial charge in [0.2, 0.25) is 5.89 Å². The topological polar surface area (TPSA) is 92.9 Å². The van der Waals surface area contributed by atoms with Gasteiger partial charge in [-0.3, -0.25) is 4.98 Å². The molecule has 0 saturated carbocycles. The number of nitrogens with one attached hydrogen (secondary N) is 2. The summed E-state index contributed by atoms with van der Waals surface area (Å²) in [5.41, 5.74) is -3.16. The molecule has 33 heavy (non-hydrogen) atoms. The second kappa shape index (κ2) is 9.34. The predicted octanol–water partition coefficient (Wildman–Crippen LogP) is 4.78. The van der Waals surface area contributed by atoms with Gasteiger partial charge in [0.25, 0.3) is 0 Å². The lowest BCUT2D eigenvalue weighted by Gasteiger charge is -2.35. The highest BCUT2D eigenvalue weighted by molar-refractivity contribution is 6.30. The van der Waals surface area contributed by atoms with Crippen LogP contribution in [0.15, 0.2) is 41.1 Å². The third-order valence-electron chi connectivity index (χ3n) is 4.62. The van der Waals surface area contributed by atoms with Crippen LogP contribution in [-0.4, -0.2) is 27.2 Å². The van der Waals surface area contributed by atoms with Crippen LogP contribution in [0.2, 0.25) is 5.02 Å². The van der Waals surface area contributed by atoms with Crippen molar-refractivity contribution >= 4 is 17.6 Å². The van der Waals surface area contributed by atoms with Crippen molar-refractivity contribution in [3.8, 4) is 0 Å². The molecular weight excluding hydrogens is 466 g/mol. The summed E-state index contributed by atoms with van der Waals surface area (Å²) in [6.07, 6.45) is -3.86. The number of rotatable bonds is 6. The van der Waals surface area contributed by atoms with Gasteiger partial charge in [-0.25, -0.2) is 9.18 Å². The SMILES string of the molecule is Cc1nc(C[C@](NC(=O)NC(C)C)(c2cc(F)cc(C(F)(F)F)c2)c2ccc(Cl)cn2)no1. The zero-order valence-electron chi connectivity index (χ0n) is 17.8. The van der Waals surface area contributed by atoms with E-state index in [-0.39, 0.29) is 40.5 Å². The standard InChI is InChI=1S/C21H20ClF4N5O2/c1-11(2)28-19(32)30-20(9-18-29-12(3)33-31-18,17-5-4-15(22)10-27-17)13-6-14(21(24,25)26)8-16(23)7-13/h4-8,10-11H,9H2,1-3H3,(H2,28,30,32)/t20-/m0/s1. The van der Waals surface area contributed by atoms with Crippen molar-refractivity contribution in [2.75, 3.05) is 0 Å². The number of urea groups is 1. The molecule has 2 amide bonds. The molecule has 12 heteroatoms. The van der Waals surface area contributed by atoms with E-state index in [9.17, 15) is 22.4 Å². The molecule has 1 aromatic carbocycles. The van der Waals surface area contributed by atoms with Crippen LogP contribution in [-0.2, 0) is 18.1 Å². The summed E-state index contributed by atoms with van der Waals surface area (Å²) >= 11 is 5.95. The monoisotopic (exact) mass is 485 g/mol. The third kappa shape index (κ3) is 5.78. The fourth-order valence-corrected chi connectivity index (χ4v) is 3.40. The van der Waals surface area contributed by atoms with E-state index in [1.54, 1.807) is 13.8 Å². The average Bonchev–Trinajstić information content (AvgIpc) is 3.10. The minimum atomic E-state index is -4.83. The predicted molar refractivity (Wildman–Crippen MR) is 111 cm³/mol. The molecule has 2 N–H and O–H groups in total. The number of carbonyl (C=O) groups is 1. The smallest absolute Gasteiger partial charge is 0.340 e. The number of aromatic nitrogens is 3. The van der Waals surface area contributed by atoms with E-state index < -0.39 is 29.1 Å². The molecule has 0 bridgehead atoms. The molecule has 2 heterocycles. The Labute approximate surface area is 191 Å². The summed E-state index contributed by atoms with van der Waals surface area (Å²) in [4.78, 5) is 21.1. The average molecular weight is 486 g/mol. The molecule has 2 aromatic heterocycles. The van der Waals surface area contributed by atoms with Gasteiger partial charge in [-0.1, -0.05) is 16.8 Å². The van der Waals surface area contributed by atoms with E-state index in [0.717, 1.165) is 12.1 Å². The second-order valence-corrected chi connectivity index (χ2v) is 8.09. The van der Waals surface area contributed by atoms with Crippen molar-refractivity contribution in [1.29, 1.82) is 0 Å². The van der Waals surface area contributed by atoms with Crippen molar-refractivity contribution in [3.63, 3.8) is 0 Å².